The van der Waals surface area contributed by atoms with Crippen molar-refractivity contribution in [3.63, 3.8) is 0 Å². The van der Waals surface area contributed by atoms with Crippen molar-refractivity contribution in [3.8, 4) is 0 Å². The molecule has 3 aliphatic rings. The van der Waals surface area contributed by atoms with E-state index in [0.29, 0.717) is 18.9 Å². The van der Waals surface area contributed by atoms with Crippen molar-refractivity contribution in [3.05, 3.63) is 67.5 Å². The number of unbranched alkanes of at least 4 members (excludes halogenated alkanes) is 6. The molecule has 0 saturated carbocycles. The van der Waals surface area contributed by atoms with Gasteiger partial charge in [0, 0.05) is 18.8 Å². The molecule has 428 valence electrons. The lowest BCUT2D eigenvalue weighted by Gasteiger charge is -2.19. The molecule has 3 fully saturated rings. The minimum absolute atomic E-state index is 0.0301. The number of nitrogens with two attached hydrogens (primary N) is 1. The number of nitrogens with zero attached hydrogens (tertiary/aromatic N) is 6. The Labute approximate surface area is 440 Å². The van der Waals surface area contributed by atoms with Crippen molar-refractivity contribution in [1.29, 1.82) is 0 Å². The first-order valence-electron chi connectivity index (χ1n) is 25.8. The second-order valence-electron chi connectivity index (χ2n) is 19.0. The van der Waals surface area contributed by atoms with E-state index in [-0.39, 0.29) is 55.0 Å². The number of nitrogen functional groups attached to an aromatic ring is 1. The van der Waals surface area contributed by atoms with E-state index in [0.717, 1.165) is 72.7 Å². The summed E-state index contributed by atoms with van der Waals surface area (Å²) in [5.41, 5.74) is 3.03. The Morgan fingerprint density at radius 1 is 0.553 bits per heavy atom. The summed E-state index contributed by atoms with van der Waals surface area (Å²) < 4.78 is 75.9. The van der Waals surface area contributed by atoms with Crippen LogP contribution in [0.25, 0.3) is 0 Å². The average molecular weight is 1090 g/mol. The molecule has 3 aliphatic heterocycles. The number of hydrogen-bond acceptors (Lipinski definition) is 18. The van der Waals surface area contributed by atoms with Crippen molar-refractivity contribution in [2.75, 3.05) is 36.2 Å². The van der Waals surface area contributed by atoms with Crippen molar-refractivity contribution in [2.45, 2.75) is 183 Å². The van der Waals surface area contributed by atoms with E-state index in [2.05, 4.69) is 32.5 Å². The number of ether oxygens (including phenoxy) is 6. The van der Waals surface area contributed by atoms with Crippen molar-refractivity contribution >= 4 is 35.6 Å². The SMILES string of the molecule is CCCCCOC(=O)Nc1nc(=O)n([C@@H]2O[C@H](C)[C@@H](C)[C@H]2C)cc1F.CCCCCOC(=O)Nc1nc(=O)n([C@@H]2O[C@H](C)[C@@H](O)[C@H]2O)cc1F.CCCCCOC(C)=O.C[C@@H]1[C@H](C)[C@@H](C)O[C@H]1n1cc(F)c(N)nc1=O. The Bertz CT molecular complexity index is 2400. The van der Waals surface area contributed by atoms with Gasteiger partial charge in [0.05, 0.1) is 56.7 Å². The quantitative estimate of drug-likeness (QED) is 0.0518. The van der Waals surface area contributed by atoms with Crippen LogP contribution < -0.4 is 33.4 Å². The molecular formula is C50H78F3N9O14. The van der Waals surface area contributed by atoms with Crippen molar-refractivity contribution in [1.82, 2.24) is 28.7 Å². The number of carbonyl (C=O) groups is 3. The van der Waals surface area contributed by atoms with Crippen LogP contribution in [0.4, 0.5) is 40.2 Å². The molecule has 3 saturated heterocycles. The summed E-state index contributed by atoms with van der Waals surface area (Å²) in [4.78, 5) is 79.8. The van der Waals surface area contributed by atoms with Crippen molar-refractivity contribution < 1.29 is 66.2 Å². The molecule has 3 aromatic heterocycles. The Morgan fingerprint density at radius 3 is 1.25 bits per heavy atom. The molecule has 23 nitrogen and oxygen atoms in total. The van der Waals surface area contributed by atoms with E-state index >= 15 is 0 Å². The number of nitrogens with one attached hydrogen (secondary N) is 2. The molecule has 76 heavy (non-hydrogen) atoms. The van der Waals surface area contributed by atoms with Crippen LogP contribution in [0, 0.1) is 41.1 Å². The maximum atomic E-state index is 14.3. The molecule has 2 amide bonds. The summed E-state index contributed by atoms with van der Waals surface area (Å²) in [5, 5.41) is 23.8. The number of halogens is 3. The summed E-state index contributed by atoms with van der Waals surface area (Å²) >= 11 is 0. The fraction of sp³-hybridized carbons (Fsp3) is 0.700. The second kappa shape index (κ2) is 31.3. The number of hydrogen-bond donors (Lipinski definition) is 5. The van der Waals surface area contributed by atoms with E-state index in [1.165, 1.54) is 24.8 Å². The van der Waals surface area contributed by atoms with Gasteiger partial charge >= 0.3 is 35.2 Å². The number of aliphatic hydroxyl groups excluding tert-OH is 2. The summed E-state index contributed by atoms with van der Waals surface area (Å²) in [6.45, 7) is 21.9. The summed E-state index contributed by atoms with van der Waals surface area (Å²) in [5.74, 6) is -3.40. The fourth-order valence-electron chi connectivity index (χ4n) is 7.94. The first kappa shape index (κ1) is 64.3. The maximum absolute atomic E-state index is 14.3. The molecule has 6 N–H and O–H groups in total. The van der Waals surface area contributed by atoms with E-state index in [1.54, 1.807) is 0 Å². The Morgan fingerprint density at radius 2 is 0.908 bits per heavy atom. The smallest absolute Gasteiger partial charge is 0.412 e. The third kappa shape index (κ3) is 18.7. The van der Waals surface area contributed by atoms with E-state index in [1.807, 2.05) is 55.4 Å². The first-order chi connectivity index (χ1) is 35.9. The normalized spacial score (nSPS) is 25.4. The topological polar surface area (TPSA) is 302 Å². The lowest BCUT2D eigenvalue weighted by Crippen LogP contribution is -2.36. The predicted octanol–water partition coefficient (Wildman–Crippen LogP) is 6.96. The highest BCUT2D eigenvalue weighted by Gasteiger charge is 2.43. The molecule has 0 unspecified atom stereocenters. The molecule has 0 aromatic carbocycles. The molecule has 0 spiro atoms. The van der Waals surface area contributed by atoms with Crippen molar-refractivity contribution in [2.24, 2.45) is 23.7 Å². The van der Waals surface area contributed by atoms with Gasteiger partial charge in [0.1, 0.15) is 24.7 Å². The molecule has 6 rings (SSSR count). The number of anilines is 3. The minimum atomic E-state index is -1.41. The Kier molecular flexibility index (Phi) is 26.5. The van der Waals surface area contributed by atoms with Gasteiger partial charge in [-0.15, -0.1) is 0 Å². The zero-order valence-corrected chi connectivity index (χ0v) is 45.3. The van der Waals surface area contributed by atoms with Crippen LogP contribution in [0.3, 0.4) is 0 Å². The molecule has 0 aliphatic carbocycles. The van der Waals surface area contributed by atoms with Crippen LogP contribution in [0.5, 0.6) is 0 Å². The molecule has 0 radical (unpaired) electrons. The van der Waals surface area contributed by atoms with Crippen LogP contribution in [-0.4, -0.2) is 107 Å². The van der Waals surface area contributed by atoms with Gasteiger partial charge in [-0.3, -0.25) is 29.1 Å². The van der Waals surface area contributed by atoms with Gasteiger partial charge < -0.3 is 44.4 Å². The number of amides is 2. The van der Waals surface area contributed by atoms with E-state index in [9.17, 15) is 52.2 Å². The highest BCUT2D eigenvalue weighted by molar-refractivity contribution is 5.83. The monoisotopic (exact) mass is 1090 g/mol. The molecule has 0 bridgehead atoms. The van der Waals surface area contributed by atoms with Gasteiger partial charge in [-0.25, -0.2) is 37.1 Å². The molecule has 6 heterocycles. The van der Waals surface area contributed by atoms with Gasteiger partial charge in [0.25, 0.3) is 0 Å². The van der Waals surface area contributed by atoms with Crippen LogP contribution in [0.15, 0.2) is 33.0 Å². The maximum Gasteiger partial charge on any atom is 0.412 e. The minimum Gasteiger partial charge on any atom is -0.466 e. The summed E-state index contributed by atoms with van der Waals surface area (Å²) in [6.07, 6.45) is 3.93. The molecule has 26 heteroatoms. The van der Waals surface area contributed by atoms with Crippen LogP contribution in [-0.2, 0) is 33.2 Å². The third-order valence-electron chi connectivity index (χ3n) is 13.3. The number of esters is 1. The van der Waals surface area contributed by atoms with Gasteiger partial charge in [-0.2, -0.15) is 15.0 Å². The van der Waals surface area contributed by atoms with Gasteiger partial charge in [0.2, 0.25) is 0 Å². The largest absolute Gasteiger partial charge is 0.466 e. The standard InChI is InChI=1S/C17H26FN3O4.C15H22FN3O6.C11H16FN3O2.C7H14O2/c1-5-6-7-8-24-17(23)20-14-13(18)9-21(16(22)19-14)15-11(3)10(2)12(4)25-15;1-3-4-5-6-24-15(23)18-12-9(16)7-19(14(22)17-12)13-11(21)10(20)8(2)25-13;1-5-6(2)10(17-7(5)3)15-4-8(12)9(13)14-11(15)16;1-3-4-5-6-9-7(2)8/h9-12,15H,5-8H2,1-4H3,(H,19,20,22,23);7-8,10-11,13,20-21H,3-6H2,1-2H3,(H,17,18,22,23);4-7,10H,1-3H3,(H2,13,14,16);3-6H2,1-2H3/t10-,11+,12+,15+;8-,10-,11-,13-;5-,6+,7+,10+;/m010./s1. The summed E-state index contributed by atoms with van der Waals surface area (Å²) in [6, 6.07) is 0. The lowest BCUT2D eigenvalue weighted by atomic mass is 9.93. The highest BCUT2D eigenvalue weighted by atomic mass is 19.1. The van der Waals surface area contributed by atoms with Gasteiger partial charge in [-0.05, 0) is 51.9 Å². The number of rotatable bonds is 17. The lowest BCUT2D eigenvalue weighted by molar-refractivity contribution is -0.141. The first-order valence-corrected chi connectivity index (χ1v) is 25.8. The van der Waals surface area contributed by atoms with Crippen LogP contribution in [0.1, 0.15) is 153 Å². The fourth-order valence-corrected chi connectivity index (χ4v) is 7.94. The Hall–Kier alpha value is -5.96. The number of aliphatic hydroxyl groups is 2. The molecule has 3 aromatic rings. The zero-order valence-electron chi connectivity index (χ0n) is 45.3. The zero-order chi connectivity index (χ0) is 57.0. The van der Waals surface area contributed by atoms with Crippen LogP contribution in [0.2, 0.25) is 0 Å². The second-order valence-corrected chi connectivity index (χ2v) is 19.0. The third-order valence-corrected chi connectivity index (χ3v) is 13.3. The molecule has 12 atom stereocenters. The average Bonchev–Trinajstić information content (AvgIpc) is 3.89. The highest BCUT2D eigenvalue weighted by Crippen LogP contribution is 2.39. The number of aromatic nitrogens is 6. The number of carbonyl (C=O) groups excluding carboxylic acids is 3. The van der Waals surface area contributed by atoms with E-state index < -0.39 is 95.3 Å². The molecular weight excluding hydrogens is 1010 g/mol. The van der Waals surface area contributed by atoms with Gasteiger partial charge in [0.15, 0.2) is 41.1 Å². The van der Waals surface area contributed by atoms with E-state index in [4.69, 9.17) is 34.2 Å². The van der Waals surface area contributed by atoms with Gasteiger partial charge in [-0.1, -0.05) is 87.0 Å². The predicted molar refractivity (Wildman–Crippen MR) is 272 cm³/mol. The van der Waals surface area contributed by atoms with Crippen LogP contribution >= 0.6 is 0 Å². The Balaban J connectivity index is 0.000000282. The summed E-state index contributed by atoms with van der Waals surface area (Å²) in [7, 11) is 0.